The fraction of sp³-hybridized carbons (Fsp3) is 0.500. The minimum absolute atomic E-state index is 0.0400. The van der Waals surface area contributed by atoms with E-state index >= 15 is 0 Å². The Labute approximate surface area is 108 Å². The molecular weight excluding hydrogens is 230 g/mol. The predicted octanol–water partition coefficient (Wildman–Crippen LogP) is 2.51. The molecule has 0 aromatic heterocycles. The number of hydrogen-bond donors (Lipinski definition) is 3. The van der Waals surface area contributed by atoms with Crippen LogP contribution in [-0.4, -0.2) is 22.7 Å². The predicted molar refractivity (Wildman–Crippen MR) is 70.7 cm³/mol. The molecule has 0 fully saturated rings. The molecule has 0 aliphatic carbocycles. The SMILES string of the molecule is CC(CNC(=O)c1cc(O)ccc1O)C(C)(C)C. The van der Waals surface area contributed by atoms with Crippen LogP contribution in [-0.2, 0) is 0 Å². The Balaban J connectivity index is 2.69. The minimum atomic E-state index is -0.375. The molecule has 0 aliphatic heterocycles. The summed E-state index contributed by atoms with van der Waals surface area (Å²) in [7, 11) is 0. The van der Waals surface area contributed by atoms with Crippen molar-refractivity contribution >= 4 is 5.91 Å². The molecule has 0 bridgehead atoms. The third-order valence-corrected chi connectivity index (χ3v) is 3.27. The molecule has 0 saturated heterocycles. The Hall–Kier alpha value is -1.71. The Bertz CT molecular complexity index is 435. The van der Waals surface area contributed by atoms with Crippen LogP contribution in [0, 0.1) is 11.3 Å². The third-order valence-electron chi connectivity index (χ3n) is 3.27. The monoisotopic (exact) mass is 251 g/mol. The molecule has 0 radical (unpaired) electrons. The first-order valence-corrected chi connectivity index (χ1v) is 6.02. The molecule has 4 heteroatoms. The van der Waals surface area contributed by atoms with E-state index < -0.39 is 0 Å². The molecule has 1 unspecified atom stereocenters. The highest BCUT2D eigenvalue weighted by Gasteiger charge is 2.21. The van der Waals surface area contributed by atoms with Gasteiger partial charge >= 0.3 is 0 Å². The van der Waals surface area contributed by atoms with Crippen LogP contribution in [0.3, 0.4) is 0 Å². The Morgan fingerprint density at radius 3 is 2.50 bits per heavy atom. The molecule has 4 nitrogen and oxygen atoms in total. The lowest BCUT2D eigenvalue weighted by molar-refractivity contribution is 0.0934. The second-order valence-electron chi connectivity index (χ2n) is 5.68. The molecule has 0 spiro atoms. The smallest absolute Gasteiger partial charge is 0.255 e. The van der Waals surface area contributed by atoms with Crippen LogP contribution < -0.4 is 5.32 Å². The summed E-state index contributed by atoms with van der Waals surface area (Å²) in [4.78, 5) is 11.9. The van der Waals surface area contributed by atoms with Gasteiger partial charge in [0.15, 0.2) is 0 Å². The number of benzene rings is 1. The first-order valence-electron chi connectivity index (χ1n) is 6.02. The lowest BCUT2D eigenvalue weighted by atomic mass is 9.82. The maximum absolute atomic E-state index is 11.9. The maximum Gasteiger partial charge on any atom is 0.255 e. The number of carbonyl (C=O) groups is 1. The van der Waals surface area contributed by atoms with E-state index in [1.807, 2.05) is 0 Å². The van der Waals surface area contributed by atoms with Gasteiger partial charge in [-0.15, -0.1) is 0 Å². The van der Waals surface area contributed by atoms with E-state index in [4.69, 9.17) is 0 Å². The Morgan fingerprint density at radius 2 is 1.94 bits per heavy atom. The van der Waals surface area contributed by atoms with Gasteiger partial charge in [-0.05, 0) is 29.5 Å². The normalized spacial score (nSPS) is 13.1. The number of phenols is 2. The summed E-state index contributed by atoms with van der Waals surface area (Å²) in [6.45, 7) is 8.90. The van der Waals surface area contributed by atoms with Crippen molar-refractivity contribution in [3.63, 3.8) is 0 Å². The van der Waals surface area contributed by atoms with Gasteiger partial charge < -0.3 is 15.5 Å². The number of nitrogens with one attached hydrogen (secondary N) is 1. The van der Waals surface area contributed by atoms with E-state index in [1.165, 1.54) is 18.2 Å². The zero-order valence-corrected chi connectivity index (χ0v) is 11.3. The van der Waals surface area contributed by atoms with Crippen molar-refractivity contribution in [3.8, 4) is 11.5 Å². The number of amides is 1. The number of phenolic OH excluding ortho intramolecular Hbond substituents is 2. The number of rotatable bonds is 3. The molecule has 3 N–H and O–H groups in total. The molecular formula is C14H21NO3. The van der Waals surface area contributed by atoms with Crippen LogP contribution >= 0.6 is 0 Å². The van der Waals surface area contributed by atoms with Gasteiger partial charge in [-0.1, -0.05) is 27.7 Å². The van der Waals surface area contributed by atoms with Crippen LogP contribution in [0.15, 0.2) is 18.2 Å². The molecule has 1 aromatic rings. The third kappa shape index (κ3) is 3.65. The van der Waals surface area contributed by atoms with Crippen molar-refractivity contribution in [1.29, 1.82) is 0 Å². The van der Waals surface area contributed by atoms with Crippen molar-refractivity contribution in [3.05, 3.63) is 23.8 Å². The van der Waals surface area contributed by atoms with E-state index in [0.717, 1.165) is 0 Å². The van der Waals surface area contributed by atoms with Gasteiger partial charge in [-0.3, -0.25) is 4.79 Å². The van der Waals surface area contributed by atoms with Crippen LogP contribution in [0.25, 0.3) is 0 Å². The van der Waals surface area contributed by atoms with Crippen LogP contribution in [0.4, 0.5) is 0 Å². The summed E-state index contributed by atoms with van der Waals surface area (Å²) in [5, 5.41) is 21.6. The zero-order chi connectivity index (χ0) is 13.9. The molecule has 1 amide bonds. The van der Waals surface area contributed by atoms with E-state index in [0.29, 0.717) is 12.5 Å². The van der Waals surface area contributed by atoms with E-state index in [9.17, 15) is 15.0 Å². The highest BCUT2D eigenvalue weighted by atomic mass is 16.3. The van der Waals surface area contributed by atoms with E-state index in [-0.39, 0.29) is 28.4 Å². The highest BCUT2D eigenvalue weighted by molar-refractivity contribution is 5.97. The molecule has 100 valence electrons. The molecule has 1 atom stereocenters. The first kappa shape index (κ1) is 14.4. The second-order valence-corrected chi connectivity index (χ2v) is 5.68. The van der Waals surface area contributed by atoms with Gasteiger partial charge in [0.1, 0.15) is 11.5 Å². The fourth-order valence-electron chi connectivity index (χ4n) is 1.35. The Morgan fingerprint density at radius 1 is 1.33 bits per heavy atom. The fourth-order valence-corrected chi connectivity index (χ4v) is 1.35. The number of aromatic hydroxyl groups is 2. The van der Waals surface area contributed by atoms with E-state index in [1.54, 1.807) is 0 Å². The molecule has 0 heterocycles. The summed E-state index contributed by atoms with van der Waals surface area (Å²) in [5.41, 5.74) is 0.199. The summed E-state index contributed by atoms with van der Waals surface area (Å²) in [6.07, 6.45) is 0. The topological polar surface area (TPSA) is 69.6 Å². The van der Waals surface area contributed by atoms with E-state index in [2.05, 4.69) is 33.0 Å². The lowest BCUT2D eigenvalue weighted by Crippen LogP contribution is -2.33. The molecule has 1 aromatic carbocycles. The lowest BCUT2D eigenvalue weighted by Gasteiger charge is -2.27. The average molecular weight is 251 g/mol. The summed E-state index contributed by atoms with van der Waals surface area (Å²) in [5.74, 6) is -0.240. The summed E-state index contributed by atoms with van der Waals surface area (Å²) >= 11 is 0. The van der Waals surface area contributed by atoms with Crippen molar-refractivity contribution in [2.75, 3.05) is 6.54 Å². The van der Waals surface area contributed by atoms with Gasteiger partial charge in [-0.25, -0.2) is 0 Å². The minimum Gasteiger partial charge on any atom is -0.508 e. The summed E-state index contributed by atoms with van der Waals surface area (Å²) < 4.78 is 0. The summed E-state index contributed by atoms with van der Waals surface area (Å²) in [6, 6.07) is 3.90. The number of carbonyl (C=O) groups excluding carboxylic acids is 1. The van der Waals surface area contributed by atoms with Crippen molar-refractivity contribution in [1.82, 2.24) is 5.32 Å². The maximum atomic E-state index is 11.9. The van der Waals surface area contributed by atoms with Gasteiger partial charge in [0, 0.05) is 6.54 Å². The second kappa shape index (κ2) is 5.29. The van der Waals surface area contributed by atoms with Crippen LogP contribution in [0.1, 0.15) is 38.1 Å². The van der Waals surface area contributed by atoms with Gasteiger partial charge in [0.25, 0.3) is 5.91 Å². The molecule has 18 heavy (non-hydrogen) atoms. The van der Waals surface area contributed by atoms with Crippen LogP contribution in [0.2, 0.25) is 0 Å². The molecule has 0 aliphatic rings. The average Bonchev–Trinajstić information content (AvgIpc) is 2.27. The van der Waals surface area contributed by atoms with Crippen molar-refractivity contribution in [2.24, 2.45) is 11.3 Å². The van der Waals surface area contributed by atoms with Gasteiger partial charge in [0.2, 0.25) is 0 Å². The van der Waals surface area contributed by atoms with Crippen molar-refractivity contribution < 1.29 is 15.0 Å². The zero-order valence-electron chi connectivity index (χ0n) is 11.3. The van der Waals surface area contributed by atoms with Gasteiger partial charge in [-0.2, -0.15) is 0 Å². The number of hydrogen-bond acceptors (Lipinski definition) is 3. The van der Waals surface area contributed by atoms with Crippen LogP contribution in [0.5, 0.6) is 11.5 Å². The first-order chi connectivity index (χ1) is 8.21. The Kier molecular flexibility index (Phi) is 4.22. The quantitative estimate of drug-likeness (QED) is 0.723. The molecule has 0 saturated carbocycles. The van der Waals surface area contributed by atoms with Crippen molar-refractivity contribution in [2.45, 2.75) is 27.7 Å². The van der Waals surface area contributed by atoms with Gasteiger partial charge in [0.05, 0.1) is 5.56 Å². The molecule has 1 rings (SSSR count). The largest absolute Gasteiger partial charge is 0.508 e. The standard InChI is InChI=1S/C14H21NO3/c1-9(14(2,3)4)8-15-13(18)11-7-10(16)5-6-12(11)17/h5-7,9,16-17H,8H2,1-4H3,(H,15,18). The highest BCUT2D eigenvalue weighted by Crippen LogP contribution is 2.25.